The van der Waals surface area contributed by atoms with Crippen LogP contribution in [0.1, 0.15) is 25.7 Å². The van der Waals surface area contributed by atoms with Gasteiger partial charge in [0, 0.05) is 22.7 Å². The van der Waals surface area contributed by atoms with Gasteiger partial charge in [-0.05, 0) is 44.9 Å². The Morgan fingerprint density at radius 3 is 2.50 bits per heavy atom. The van der Waals surface area contributed by atoms with Gasteiger partial charge in [0.15, 0.2) is 5.01 Å². The van der Waals surface area contributed by atoms with Crippen LogP contribution >= 0.6 is 22.9 Å². The number of rotatable bonds is 3. The first kappa shape index (κ1) is 14.4. The molecule has 0 saturated carbocycles. The Hall–Kier alpha value is -1.17. The standard InChI is InChI=1S/C16H18ClN3OS/c1-20-12-6-7-13(20)9-14(8-12)21-16-19-18-15(22-16)10-2-4-11(17)5-3-10/h2-5,12-14H,6-9H2,1H3/t12-,13+,14+. The fourth-order valence-corrected chi connectivity index (χ4v) is 4.46. The smallest absolute Gasteiger partial charge is 0.294 e. The third-order valence-corrected chi connectivity index (χ3v) is 5.94. The molecule has 3 atom stereocenters. The molecule has 0 spiro atoms. The molecule has 1 aromatic heterocycles. The Balaban J connectivity index is 1.45. The summed E-state index contributed by atoms with van der Waals surface area (Å²) < 4.78 is 6.10. The number of hydrogen-bond acceptors (Lipinski definition) is 5. The largest absolute Gasteiger partial charge is 0.465 e. The fraction of sp³-hybridized carbons (Fsp3) is 0.500. The number of halogens is 1. The molecule has 2 aliphatic heterocycles. The summed E-state index contributed by atoms with van der Waals surface area (Å²) in [6, 6.07) is 9.01. The number of piperidine rings is 1. The van der Waals surface area contributed by atoms with E-state index in [4.69, 9.17) is 16.3 Å². The summed E-state index contributed by atoms with van der Waals surface area (Å²) in [5.74, 6) is 0. The third kappa shape index (κ3) is 2.73. The van der Waals surface area contributed by atoms with Crippen LogP contribution in [0.4, 0.5) is 0 Å². The lowest BCUT2D eigenvalue weighted by atomic mass is 10.0. The number of fused-ring (bicyclic) bond motifs is 2. The van der Waals surface area contributed by atoms with Crippen molar-refractivity contribution in [1.29, 1.82) is 0 Å². The average Bonchev–Trinajstić information content (AvgIpc) is 3.03. The minimum Gasteiger partial charge on any atom is -0.465 e. The molecule has 116 valence electrons. The van der Waals surface area contributed by atoms with Crippen molar-refractivity contribution in [2.45, 2.75) is 43.9 Å². The van der Waals surface area contributed by atoms with Crippen molar-refractivity contribution in [1.82, 2.24) is 15.1 Å². The van der Waals surface area contributed by atoms with Crippen LogP contribution in [0.5, 0.6) is 5.19 Å². The van der Waals surface area contributed by atoms with Gasteiger partial charge in [-0.3, -0.25) is 0 Å². The molecule has 2 fully saturated rings. The molecular weight excluding hydrogens is 318 g/mol. The van der Waals surface area contributed by atoms with E-state index in [1.54, 1.807) is 0 Å². The molecular formula is C16H18ClN3OS. The van der Waals surface area contributed by atoms with Crippen molar-refractivity contribution in [3.05, 3.63) is 29.3 Å². The third-order valence-electron chi connectivity index (χ3n) is 4.82. The Morgan fingerprint density at radius 1 is 1.14 bits per heavy atom. The van der Waals surface area contributed by atoms with Crippen LogP contribution in [0.25, 0.3) is 10.6 Å². The van der Waals surface area contributed by atoms with Crippen LogP contribution in [0.2, 0.25) is 5.02 Å². The predicted molar refractivity (Wildman–Crippen MR) is 88.6 cm³/mol. The second-order valence-corrected chi connectivity index (χ2v) is 7.52. The average molecular weight is 336 g/mol. The molecule has 2 aliphatic rings. The predicted octanol–water partition coefficient (Wildman–Crippen LogP) is 3.86. The molecule has 2 saturated heterocycles. The SMILES string of the molecule is CN1[C@@H]2CC[C@H]1C[C@@H](Oc1nnc(-c3ccc(Cl)cc3)s1)C2. The van der Waals surface area contributed by atoms with Crippen molar-refractivity contribution in [2.24, 2.45) is 0 Å². The molecule has 1 aromatic carbocycles. The first-order chi connectivity index (χ1) is 10.7. The topological polar surface area (TPSA) is 38.2 Å². The van der Waals surface area contributed by atoms with Crippen molar-refractivity contribution in [2.75, 3.05) is 7.05 Å². The van der Waals surface area contributed by atoms with E-state index in [0.717, 1.165) is 28.4 Å². The highest BCUT2D eigenvalue weighted by Gasteiger charge is 2.39. The van der Waals surface area contributed by atoms with E-state index < -0.39 is 0 Å². The summed E-state index contributed by atoms with van der Waals surface area (Å²) in [7, 11) is 2.24. The van der Waals surface area contributed by atoms with Crippen LogP contribution < -0.4 is 4.74 Å². The second-order valence-electron chi connectivity index (χ2n) is 6.14. The number of hydrogen-bond donors (Lipinski definition) is 0. The van der Waals surface area contributed by atoms with E-state index in [0.29, 0.717) is 17.3 Å². The van der Waals surface area contributed by atoms with Crippen LogP contribution in [-0.2, 0) is 0 Å². The van der Waals surface area contributed by atoms with Gasteiger partial charge in [0.05, 0.1) is 0 Å². The Labute approximate surface area is 139 Å². The van der Waals surface area contributed by atoms with Gasteiger partial charge in [0.1, 0.15) is 6.10 Å². The van der Waals surface area contributed by atoms with Crippen molar-refractivity contribution >= 4 is 22.9 Å². The van der Waals surface area contributed by atoms with Crippen LogP contribution in [-0.4, -0.2) is 40.3 Å². The van der Waals surface area contributed by atoms with Crippen LogP contribution in [0.15, 0.2) is 24.3 Å². The normalized spacial score (nSPS) is 28.0. The first-order valence-electron chi connectivity index (χ1n) is 7.67. The van der Waals surface area contributed by atoms with Crippen molar-refractivity contribution in [3.63, 3.8) is 0 Å². The second kappa shape index (κ2) is 5.80. The zero-order chi connectivity index (χ0) is 15.1. The van der Waals surface area contributed by atoms with E-state index in [-0.39, 0.29) is 6.10 Å². The van der Waals surface area contributed by atoms with Gasteiger partial charge in [-0.2, -0.15) is 0 Å². The van der Waals surface area contributed by atoms with E-state index in [2.05, 4.69) is 22.1 Å². The molecule has 4 rings (SSSR count). The number of benzene rings is 1. The van der Waals surface area contributed by atoms with Gasteiger partial charge in [-0.15, -0.1) is 5.10 Å². The number of ether oxygens (including phenoxy) is 1. The lowest BCUT2D eigenvalue weighted by Crippen LogP contribution is -2.43. The van der Waals surface area contributed by atoms with E-state index in [1.807, 2.05) is 24.3 Å². The van der Waals surface area contributed by atoms with E-state index in [9.17, 15) is 0 Å². The quantitative estimate of drug-likeness (QED) is 0.853. The number of aromatic nitrogens is 2. The molecule has 0 aliphatic carbocycles. The highest BCUT2D eigenvalue weighted by atomic mass is 35.5. The van der Waals surface area contributed by atoms with Gasteiger partial charge >= 0.3 is 0 Å². The summed E-state index contributed by atoms with van der Waals surface area (Å²) in [6.45, 7) is 0. The Bertz CT molecular complexity index is 646. The Morgan fingerprint density at radius 2 is 1.82 bits per heavy atom. The Kier molecular flexibility index (Phi) is 3.80. The lowest BCUT2D eigenvalue weighted by molar-refractivity contribution is 0.0655. The summed E-state index contributed by atoms with van der Waals surface area (Å²) in [5.41, 5.74) is 1.03. The number of nitrogens with zero attached hydrogens (tertiary/aromatic N) is 3. The minimum atomic E-state index is 0.278. The zero-order valence-electron chi connectivity index (χ0n) is 12.4. The van der Waals surface area contributed by atoms with Gasteiger partial charge in [0.25, 0.3) is 5.19 Å². The van der Waals surface area contributed by atoms with Gasteiger partial charge in [-0.1, -0.05) is 40.2 Å². The van der Waals surface area contributed by atoms with Gasteiger partial charge < -0.3 is 9.64 Å². The lowest BCUT2D eigenvalue weighted by Gasteiger charge is -2.35. The van der Waals surface area contributed by atoms with E-state index in [1.165, 1.54) is 24.2 Å². The molecule has 22 heavy (non-hydrogen) atoms. The maximum Gasteiger partial charge on any atom is 0.294 e. The summed E-state index contributed by atoms with van der Waals surface area (Å²) in [6.07, 6.45) is 5.08. The van der Waals surface area contributed by atoms with Crippen molar-refractivity contribution in [3.8, 4) is 15.8 Å². The fourth-order valence-electron chi connectivity index (χ4n) is 3.57. The molecule has 0 unspecified atom stereocenters. The highest BCUT2D eigenvalue weighted by molar-refractivity contribution is 7.16. The van der Waals surface area contributed by atoms with Gasteiger partial charge in [0.2, 0.25) is 0 Å². The minimum absolute atomic E-state index is 0.278. The monoisotopic (exact) mass is 335 g/mol. The first-order valence-corrected chi connectivity index (χ1v) is 8.86. The molecule has 0 radical (unpaired) electrons. The maximum atomic E-state index is 6.10. The van der Waals surface area contributed by atoms with Gasteiger partial charge in [-0.25, -0.2) is 0 Å². The van der Waals surface area contributed by atoms with Crippen LogP contribution in [0, 0.1) is 0 Å². The maximum absolute atomic E-state index is 6.10. The summed E-state index contributed by atoms with van der Waals surface area (Å²) >= 11 is 7.42. The summed E-state index contributed by atoms with van der Waals surface area (Å²) in [4.78, 5) is 2.51. The molecule has 6 heteroatoms. The molecule has 3 heterocycles. The molecule has 0 N–H and O–H groups in total. The molecule has 0 amide bonds. The molecule has 2 bridgehead atoms. The van der Waals surface area contributed by atoms with Crippen LogP contribution in [0.3, 0.4) is 0 Å². The zero-order valence-corrected chi connectivity index (χ0v) is 14.0. The highest BCUT2D eigenvalue weighted by Crippen LogP contribution is 2.37. The van der Waals surface area contributed by atoms with Crippen molar-refractivity contribution < 1.29 is 4.74 Å². The molecule has 4 nitrogen and oxygen atoms in total. The summed E-state index contributed by atoms with van der Waals surface area (Å²) in [5, 5.41) is 10.7. The van der Waals surface area contributed by atoms with E-state index >= 15 is 0 Å². The molecule has 2 aromatic rings.